The van der Waals surface area contributed by atoms with Crippen LogP contribution >= 0.6 is 11.3 Å². The van der Waals surface area contributed by atoms with E-state index >= 15 is 0 Å². The molecule has 2 aromatic heterocycles. The summed E-state index contributed by atoms with van der Waals surface area (Å²) < 4.78 is 6.29. The van der Waals surface area contributed by atoms with Gasteiger partial charge in [0.2, 0.25) is 5.91 Å². The number of fused-ring (bicyclic) bond motifs is 2. The quantitative estimate of drug-likeness (QED) is 0.835. The summed E-state index contributed by atoms with van der Waals surface area (Å²) >= 11 is 1.68. The smallest absolute Gasteiger partial charge is 0.217 e. The summed E-state index contributed by atoms with van der Waals surface area (Å²) in [7, 11) is 0. The highest BCUT2D eigenvalue weighted by Gasteiger charge is 2.44. The molecule has 1 N–H and O–H groups in total. The molecule has 28 heavy (non-hydrogen) atoms. The lowest BCUT2D eigenvalue weighted by Gasteiger charge is -2.38. The van der Waals surface area contributed by atoms with E-state index in [0.29, 0.717) is 11.8 Å². The molecule has 3 fully saturated rings. The molecule has 0 unspecified atom stereocenters. The molecular weight excluding hydrogens is 372 g/mol. The molecule has 0 bridgehead atoms. The van der Waals surface area contributed by atoms with Gasteiger partial charge in [-0.25, -0.2) is 9.97 Å². The number of carbonyl (C=O) groups is 1. The third-order valence-corrected chi connectivity index (χ3v) is 7.27. The van der Waals surface area contributed by atoms with Crippen LogP contribution < -0.4 is 10.2 Å². The van der Waals surface area contributed by atoms with E-state index in [1.54, 1.807) is 18.3 Å². The van der Waals surface area contributed by atoms with Gasteiger partial charge < -0.3 is 15.0 Å². The van der Waals surface area contributed by atoms with Gasteiger partial charge in [-0.2, -0.15) is 0 Å². The van der Waals surface area contributed by atoms with Gasteiger partial charge in [0.1, 0.15) is 16.5 Å². The highest BCUT2D eigenvalue weighted by Crippen LogP contribution is 2.41. The van der Waals surface area contributed by atoms with Gasteiger partial charge in [-0.05, 0) is 61.8 Å². The topological polar surface area (TPSA) is 67.4 Å². The Kier molecular flexibility index (Phi) is 4.75. The first kappa shape index (κ1) is 18.3. The number of thiophene rings is 1. The second-order valence-corrected chi connectivity index (χ2v) is 9.65. The molecule has 5 rings (SSSR count). The normalized spacial score (nSPS) is 29.9. The van der Waals surface area contributed by atoms with Crippen molar-refractivity contribution < 1.29 is 9.53 Å². The molecule has 2 aliphatic carbocycles. The summed E-state index contributed by atoms with van der Waals surface area (Å²) in [5, 5.41) is 6.43. The Balaban J connectivity index is 1.35. The molecule has 0 aromatic carbocycles. The first-order chi connectivity index (χ1) is 13.6. The predicted molar refractivity (Wildman–Crippen MR) is 111 cm³/mol. The maximum absolute atomic E-state index is 11.7. The average molecular weight is 401 g/mol. The maximum Gasteiger partial charge on any atom is 0.217 e. The van der Waals surface area contributed by atoms with Crippen LogP contribution in [0.25, 0.3) is 10.2 Å². The number of ether oxygens (including phenoxy) is 1. The second kappa shape index (κ2) is 7.26. The summed E-state index contributed by atoms with van der Waals surface area (Å²) in [6.07, 6.45) is 4.74. The van der Waals surface area contributed by atoms with Crippen molar-refractivity contribution in [2.45, 2.75) is 51.7 Å². The van der Waals surface area contributed by atoms with Crippen molar-refractivity contribution in [1.29, 1.82) is 0 Å². The molecule has 150 valence electrons. The van der Waals surface area contributed by atoms with Gasteiger partial charge in [-0.1, -0.05) is 0 Å². The minimum Gasteiger partial charge on any atom is -0.376 e. The Morgan fingerprint density at radius 1 is 1.29 bits per heavy atom. The highest BCUT2D eigenvalue weighted by atomic mass is 32.1. The van der Waals surface area contributed by atoms with E-state index in [9.17, 15) is 4.79 Å². The van der Waals surface area contributed by atoms with Gasteiger partial charge in [0, 0.05) is 26.6 Å². The van der Waals surface area contributed by atoms with E-state index in [-0.39, 0.29) is 18.1 Å². The fourth-order valence-corrected chi connectivity index (χ4v) is 5.72. The molecular formula is C21H28N4O2S. The van der Waals surface area contributed by atoms with Gasteiger partial charge >= 0.3 is 0 Å². The summed E-state index contributed by atoms with van der Waals surface area (Å²) in [6, 6.07) is 2.27. The monoisotopic (exact) mass is 400 g/mol. The molecule has 7 heteroatoms. The van der Waals surface area contributed by atoms with Gasteiger partial charge in [-0.3, -0.25) is 4.79 Å². The molecule has 1 aliphatic heterocycles. The van der Waals surface area contributed by atoms with Crippen molar-refractivity contribution in [3.8, 4) is 0 Å². The molecule has 1 amide bonds. The van der Waals surface area contributed by atoms with Crippen LogP contribution in [-0.2, 0) is 9.53 Å². The van der Waals surface area contributed by atoms with Gasteiger partial charge in [0.25, 0.3) is 0 Å². The van der Waals surface area contributed by atoms with Crippen LogP contribution in [0.1, 0.15) is 38.4 Å². The first-order valence-corrected chi connectivity index (χ1v) is 11.3. The lowest BCUT2D eigenvalue weighted by atomic mass is 9.77. The molecule has 4 atom stereocenters. The van der Waals surface area contributed by atoms with Crippen LogP contribution in [0.15, 0.2) is 11.4 Å². The highest BCUT2D eigenvalue weighted by molar-refractivity contribution is 7.16. The maximum atomic E-state index is 11.7. The fourth-order valence-electron chi connectivity index (χ4n) is 4.91. The van der Waals surface area contributed by atoms with Crippen LogP contribution in [0.2, 0.25) is 0 Å². The van der Waals surface area contributed by atoms with E-state index in [1.165, 1.54) is 12.8 Å². The number of nitrogens with zero attached hydrogens (tertiary/aromatic N) is 3. The van der Waals surface area contributed by atoms with Crippen LogP contribution in [0, 0.1) is 24.7 Å². The molecule has 1 saturated heterocycles. The number of rotatable bonds is 5. The van der Waals surface area contributed by atoms with Crippen molar-refractivity contribution in [2.24, 2.45) is 17.8 Å². The molecule has 0 spiro atoms. The molecule has 0 radical (unpaired) electrons. The number of hydrogen-bond donors (Lipinski definition) is 1. The molecule has 6 nitrogen and oxygen atoms in total. The molecule has 2 aromatic rings. The van der Waals surface area contributed by atoms with Gasteiger partial charge in [-0.15, -0.1) is 11.3 Å². The van der Waals surface area contributed by atoms with Crippen molar-refractivity contribution in [3.63, 3.8) is 0 Å². The molecule has 3 aliphatic rings. The summed E-state index contributed by atoms with van der Waals surface area (Å²) in [4.78, 5) is 24.6. The second-order valence-electron chi connectivity index (χ2n) is 8.75. The minimum atomic E-state index is 0.0460. The summed E-state index contributed by atoms with van der Waals surface area (Å²) in [5.74, 6) is 3.86. The first-order valence-electron chi connectivity index (χ1n) is 10.4. The van der Waals surface area contributed by atoms with Crippen LogP contribution in [0.5, 0.6) is 0 Å². The Morgan fingerprint density at radius 3 is 2.82 bits per heavy atom. The third-order valence-electron chi connectivity index (χ3n) is 6.46. The lowest BCUT2D eigenvalue weighted by Crippen LogP contribution is -2.50. The van der Waals surface area contributed by atoms with Crippen LogP contribution in [-0.4, -0.2) is 47.7 Å². The lowest BCUT2D eigenvalue weighted by molar-refractivity contribution is -0.122. The van der Waals surface area contributed by atoms with Crippen molar-refractivity contribution in [3.05, 3.63) is 17.3 Å². The molecule has 3 heterocycles. The van der Waals surface area contributed by atoms with E-state index in [4.69, 9.17) is 9.72 Å². The van der Waals surface area contributed by atoms with Crippen molar-refractivity contribution >= 4 is 33.3 Å². The molecule has 2 saturated carbocycles. The average Bonchev–Trinajstić information content (AvgIpc) is 3.19. The summed E-state index contributed by atoms with van der Waals surface area (Å²) in [5.41, 5.74) is 0. The number of hydrogen-bond acceptors (Lipinski definition) is 6. The Morgan fingerprint density at radius 2 is 2.07 bits per heavy atom. The van der Waals surface area contributed by atoms with Crippen molar-refractivity contribution in [1.82, 2.24) is 15.3 Å². The van der Waals surface area contributed by atoms with Crippen molar-refractivity contribution in [2.75, 3.05) is 24.6 Å². The van der Waals surface area contributed by atoms with Gasteiger partial charge in [0.15, 0.2) is 0 Å². The summed E-state index contributed by atoms with van der Waals surface area (Å²) in [6.45, 7) is 6.45. The zero-order valence-electron chi connectivity index (χ0n) is 16.6. The number of aryl methyl sites for hydroxylation is 1. The van der Waals surface area contributed by atoms with E-state index < -0.39 is 0 Å². The van der Waals surface area contributed by atoms with E-state index in [0.717, 1.165) is 60.3 Å². The zero-order chi connectivity index (χ0) is 19.3. The van der Waals surface area contributed by atoms with Crippen LogP contribution in [0.3, 0.4) is 0 Å². The predicted octanol–water partition coefficient (Wildman–Crippen LogP) is 3.15. The zero-order valence-corrected chi connectivity index (χ0v) is 17.4. The van der Waals surface area contributed by atoms with E-state index in [2.05, 4.69) is 26.6 Å². The minimum absolute atomic E-state index is 0.0460. The fraction of sp³-hybridized carbons (Fsp3) is 0.667. The number of carbonyl (C=O) groups excluding carboxylic acids is 1. The number of nitrogens with one attached hydrogen (secondary N) is 1. The van der Waals surface area contributed by atoms with Crippen LogP contribution in [0.4, 0.5) is 5.82 Å². The Labute approximate surface area is 169 Å². The number of anilines is 1. The van der Waals surface area contributed by atoms with Gasteiger partial charge in [0.05, 0.1) is 17.5 Å². The largest absolute Gasteiger partial charge is 0.376 e. The standard InChI is InChI=1S/C21H28N4O2S/c1-12-22-20(17-5-6-28-21(17)23-12)25-9-15-7-18(24-13(2)26)19(8-16(15)10-25)27-11-14-3-4-14/h5-6,14-16,18-19H,3-4,7-11H2,1-2H3,(H,24,26)/t15-,16+,18-,19-/m1/s1. The Hall–Kier alpha value is -1.73. The SMILES string of the molecule is CC(=O)N[C@@H]1C[C@@H]2CN(c3nc(C)nc4sccc34)C[C@@H]2C[C@H]1OCC1CC1. The Bertz CT molecular complexity index is 880. The number of amides is 1. The third kappa shape index (κ3) is 3.62. The number of aromatic nitrogens is 2. The van der Waals surface area contributed by atoms with E-state index in [1.807, 2.05) is 6.92 Å².